The molecule has 2 aliphatic rings. The third-order valence-corrected chi connectivity index (χ3v) is 2.43. The SMILES string of the molecule is O=C(O)C1=CNC2=C(CCC2)C1. The molecule has 12 heavy (non-hydrogen) atoms. The quantitative estimate of drug-likeness (QED) is 0.617. The zero-order valence-electron chi connectivity index (χ0n) is 6.76. The third kappa shape index (κ3) is 1.11. The van der Waals surface area contributed by atoms with Crippen molar-refractivity contribution >= 4 is 5.97 Å². The van der Waals surface area contributed by atoms with Crippen LogP contribution in [0.3, 0.4) is 0 Å². The van der Waals surface area contributed by atoms with Crippen molar-refractivity contribution in [2.45, 2.75) is 25.7 Å². The Hall–Kier alpha value is -1.25. The normalized spacial score (nSPS) is 21.5. The van der Waals surface area contributed by atoms with Gasteiger partial charge in [0.05, 0.1) is 5.57 Å². The molecule has 1 aliphatic carbocycles. The van der Waals surface area contributed by atoms with Crippen molar-refractivity contribution in [3.63, 3.8) is 0 Å². The molecule has 0 saturated carbocycles. The lowest BCUT2D eigenvalue weighted by Gasteiger charge is -2.14. The van der Waals surface area contributed by atoms with Crippen LogP contribution in [-0.2, 0) is 4.79 Å². The Balaban J connectivity index is 2.14. The lowest BCUT2D eigenvalue weighted by Crippen LogP contribution is -2.15. The summed E-state index contributed by atoms with van der Waals surface area (Å²) in [6.45, 7) is 0. The minimum absolute atomic E-state index is 0.482. The fourth-order valence-electron chi connectivity index (χ4n) is 1.77. The maximum Gasteiger partial charge on any atom is 0.333 e. The molecule has 0 amide bonds. The van der Waals surface area contributed by atoms with Crippen molar-refractivity contribution in [1.82, 2.24) is 5.32 Å². The van der Waals surface area contributed by atoms with E-state index in [4.69, 9.17) is 5.11 Å². The zero-order chi connectivity index (χ0) is 8.55. The summed E-state index contributed by atoms with van der Waals surface area (Å²) in [5, 5.41) is 11.8. The second-order valence-electron chi connectivity index (χ2n) is 3.23. The highest BCUT2D eigenvalue weighted by molar-refractivity contribution is 5.87. The fourth-order valence-corrected chi connectivity index (χ4v) is 1.77. The van der Waals surface area contributed by atoms with Crippen LogP contribution in [-0.4, -0.2) is 11.1 Å². The molecule has 64 valence electrons. The first-order valence-electron chi connectivity index (χ1n) is 4.17. The number of carbonyl (C=O) groups is 1. The van der Waals surface area contributed by atoms with E-state index in [-0.39, 0.29) is 0 Å². The molecular weight excluding hydrogens is 154 g/mol. The largest absolute Gasteiger partial charge is 0.478 e. The van der Waals surface area contributed by atoms with E-state index in [1.807, 2.05) is 0 Å². The first kappa shape index (κ1) is 7.40. The first-order chi connectivity index (χ1) is 5.77. The van der Waals surface area contributed by atoms with Gasteiger partial charge in [-0.1, -0.05) is 0 Å². The molecule has 0 aromatic carbocycles. The van der Waals surface area contributed by atoms with Crippen molar-refractivity contribution in [3.05, 3.63) is 23.0 Å². The molecule has 0 spiro atoms. The minimum Gasteiger partial charge on any atom is -0.478 e. The van der Waals surface area contributed by atoms with Crippen LogP contribution >= 0.6 is 0 Å². The number of hydrogen-bond acceptors (Lipinski definition) is 2. The minimum atomic E-state index is -0.805. The number of nitrogens with one attached hydrogen (secondary N) is 1. The third-order valence-electron chi connectivity index (χ3n) is 2.43. The number of dihydropyridines is 1. The molecule has 0 unspecified atom stereocenters. The van der Waals surface area contributed by atoms with Crippen LogP contribution in [0.2, 0.25) is 0 Å². The Morgan fingerprint density at radius 2 is 2.33 bits per heavy atom. The molecule has 0 fully saturated rings. The molecular formula is C9H11NO2. The average Bonchev–Trinajstić information content (AvgIpc) is 2.49. The molecule has 3 heteroatoms. The Labute approximate surface area is 70.8 Å². The number of aliphatic carboxylic acids is 1. The Morgan fingerprint density at radius 3 is 3.08 bits per heavy atom. The van der Waals surface area contributed by atoms with Crippen molar-refractivity contribution < 1.29 is 9.90 Å². The molecule has 0 radical (unpaired) electrons. The van der Waals surface area contributed by atoms with Gasteiger partial charge in [-0.15, -0.1) is 0 Å². The van der Waals surface area contributed by atoms with Crippen LogP contribution < -0.4 is 5.32 Å². The Bertz CT molecular complexity index is 289. The van der Waals surface area contributed by atoms with Gasteiger partial charge in [0.2, 0.25) is 0 Å². The van der Waals surface area contributed by atoms with E-state index < -0.39 is 5.97 Å². The Kier molecular flexibility index (Phi) is 1.64. The highest BCUT2D eigenvalue weighted by Crippen LogP contribution is 2.31. The highest BCUT2D eigenvalue weighted by atomic mass is 16.4. The van der Waals surface area contributed by atoms with Crippen LogP contribution in [0.5, 0.6) is 0 Å². The predicted octanol–water partition coefficient (Wildman–Crippen LogP) is 1.39. The molecule has 0 saturated heterocycles. The molecule has 2 N–H and O–H groups in total. The standard InChI is InChI=1S/C9H11NO2/c11-9(12)7-4-6-2-1-3-8(6)10-5-7/h5,10H,1-4H2,(H,11,12). The van der Waals surface area contributed by atoms with Crippen LogP contribution in [0.1, 0.15) is 25.7 Å². The predicted molar refractivity (Wildman–Crippen MR) is 44.3 cm³/mol. The van der Waals surface area contributed by atoms with E-state index in [1.165, 1.54) is 17.7 Å². The highest BCUT2D eigenvalue weighted by Gasteiger charge is 2.21. The number of hydrogen-bond donors (Lipinski definition) is 2. The molecule has 0 atom stereocenters. The Morgan fingerprint density at radius 1 is 1.50 bits per heavy atom. The van der Waals surface area contributed by atoms with Gasteiger partial charge < -0.3 is 10.4 Å². The molecule has 0 bridgehead atoms. The van der Waals surface area contributed by atoms with Gasteiger partial charge in [-0.05, 0) is 24.8 Å². The van der Waals surface area contributed by atoms with Crippen LogP contribution in [0.15, 0.2) is 23.0 Å². The summed E-state index contributed by atoms with van der Waals surface area (Å²) < 4.78 is 0. The van der Waals surface area contributed by atoms with Gasteiger partial charge >= 0.3 is 5.97 Å². The van der Waals surface area contributed by atoms with E-state index in [0.29, 0.717) is 12.0 Å². The van der Waals surface area contributed by atoms with E-state index in [2.05, 4.69) is 5.32 Å². The van der Waals surface area contributed by atoms with E-state index >= 15 is 0 Å². The van der Waals surface area contributed by atoms with Crippen LogP contribution in [0, 0.1) is 0 Å². The summed E-state index contributed by atoms with van der Waals surface area (Å²) in [6, 6.07) is 0. The molecule has 1 heterocycles. The first-order valence-corrected chi connectivity index (χ1v) is 4.17. The number of rotatable bonds is 1. The van der Waals surface area contributed by atoms with Gasteiger partial charge in [0.25, 0.3) is 0 Å². The summed E-state index contributed by atoms with van der Waals surface area (Å²) in [7, 11) is 0. The van der Waals surface area contributed by atoms with Crippen molar-refractivity contribution in [3.8, 4) is 0 Å². The van der Waals surface area contributed by atoms with E-state index in [0.717, 1.165) is 12.8 Å². The van der Waals surface area contributed by atoms with Gasteiger partial charge in [-0.25, -0.2) is 4.79 Å². The fraction of sp³-hybridized carbons (Fsp3) is 0.444. The smallest absolute Gasteiger partial charge is 0.333 e. The van der Waals surface area contributed by atoms with Crippen LogP contribution in [0.25, 0.3) is 0 Å². The summed E-state index contributed by atoms with van der Waals surface area (Å²) in [6.07, 6.45) is 5.56. The van der Waals surface area contributed by atoms with Crippen molar-refractivity contribution in [1.29, 1.82) is 0 Å². The molecule has 0 aromatic rings. The maximum atomic E-state index is 10.6. The van der Waals surface area contributed by atoms with Gasteiger partial charge in [-0.2, -0.15) is 0 Å². The molecule has 0 aromatic heterocycles. The second kappa shape index (κ2) is 2.66. The molecule has 1 aliphatic heterocycles. The van der Waals surface area contributed by atoms with E-state index in [9.17, 15) is 4.79 Å². The second-order valence-corrected chi connectivity index (χ2v) is 3.23. The lowest BCUT2D eigenvalue weighted by atomic mass is 10.0. The summed E-state index contributed by atoms with van der Waals surface area (Å²) in [5.41, 5.74) is 3.02. The lowest BCUT2D eigenvalue weighted by molar-refractivity contribution is -0.132. The number of carboxylic acids is 1. The zero-order valence-corrected chi connectivity index (χ0v) is 6.76. The van der Waals surface area contributed by atoms with E-state index in [1.54, 1.807) is 6.20 Å². The average molecular weight is 165 g/mol. The van der Waals surface area contributed by atoms with Gasteiger partial charge in [-0.3, -0.25) is 0 Å². The van der Waals surface area contributed by atoms with Gasteiger partial charge in [0.15, 0.2) is 0 Å². The monoisotopic (exact) mass is 165 g/mol. The van der Waals surface area contributed by atoms with Crippen LogP contribution in [0.4, 0.5) is 0 Å². The van der Waals surface area contributed by atoms with Gasteiger partial charge in [0, 0.05) is 18.3 Å². The topological polar surface area (TPSA) is 49.3 Å². The molecule has 3 nitrogen and oxygen atoms in total. The summed E-state index contributed by atoms with van der Waals surface area (Å²) in [4.78, 5) is 10.6. The summed E-state index contributed by atoms with van der Waals surface area (Å²) in [5.74, 6) is -0.805. The van der Waals surface area contributed by atoms with Gasteiger partial charge in [0.1, 0.15) is 0 Å². The maximum absolute atomic E-state index is 10.6. The number of allylic oxidation sites excluding steroid dienone is 2. The van der Waals surface area contributed by atoms with Crippen molar-refractivity contribution in [2.75, 3.05) is 0 Å². The van der Waals surface area contributed by atoms with Crippen molar-refractivity contribution in [2.24, 2.45) is 0 Å². The molecule has 2 rings (SSSR count). The summed E-state index contributed by atoms with van der Waals surface area (Å²) >= 11 is 0. The number of carboxylic acid groups (broad SMARTS) is 1.